The quantitative estimate of drug-likeness (QED) is 0.865. The molecule has 0 radical (unpaired) electrons. The number of hydrogen-bond acceptors (Lipinski definition) is 2. The molecule has 0 spiro atoms. The van der Waals surface area contributed by atoms with Crippen molar-refractivity contribution >= 4 is 17.4 Å². The summed E-state index contributed by atoms with van der Waals surface area (Å²) >= 11 is 0. The van der Waals surface area contributed by atoms with E-state index in [4.69, 9.17) is 0 Å². The van der Waals surface area contributed by atoms with Gasteiger partial charge < -0.3 is 4.90 Å². The van der Waals surface area contributed by atoms with Crippen LogP contribution >= 0.6 is 0 Å². The van der Waals surface area contributed by atoms with Crippen molar-refractivity contribution in [3.63, 3.8) is 0 Å². The zero-order valence-electron chi connectivity index (χ0n) is 14.3. The molecule has 1 N–H and O–H groups in total. The molecule has 2 aromatic rings. The minimum absolute atomic E-state index is 0.367. The van der Waals surface area contributed by atoms with E-state index in [-0.39, 0.29) is 11.7 Å². The van der Waals surface area contributed by atoms with Crippen molar-refractivity contribution in [2.24, 2.45) is 5.92 Å². The molecule has 0 aliphatic carbocycles. The van der Waals surface area contributed by atoms with Crippen LogP contribution in [-0.4, -0.2) is 31.4 Å². The van der Waals surface area contributed by atoms with E-state index in [2.05, 4.69) is 30.3 Å². The van der Waals surface area contributed by atoms with Crippen LogP contribution in [0.3, 0.4) is 0 Å². The molecule has 0 bridgehead atoms. The van der Waals surface area contributed by atoms with E-state index in [1.165, 1.54) is 23.3 Å². The molecule has 1 fully saturated rings. The highest BCUT2D eigenvalue weighted by Gasteiger charge is 2.38. The second-order valence-corrected chi connectivity index (χ2v) is 7.12. The predicted molar refractivity (Wildman–Crippen MR) is 96.7 cm³/mol. The van der Waals surface area contributed by atoms with Crippen LogP contribution in [0.2, 0.25) is 0 Å². The number of Topliss-reactive ketones (excluding diaryl/α,β-unsaturated/α-hetero) is 1. The standard InChI is InChI=1S/C21H22N2O2/c24-20-18-8-4-5-9-19(18)23(21(20)25)15-22-12-10-17(11-13-22)14-16-6-2-1-3-7-16/h1-9,17H,10-15H2/p+1. The number of ketones is 1. The first kappa shape index (κ1) is 16.0. The van der Waals surface area contributed by atoms with Crippen LogP contribution in [0.25, 0.3) is 0 Å². The van der Waals surface area contributed by atoms with Gasteiger partial charge in [0.2, 0.25) is 0 Å². The fraction of sp³-hybridized carbons (Fsp3) is 0.333. The van der Waals surface area contributed by atoms with Gasteiger partial charge in [0.05, 0.1) is 24.3 Å². The Bertz CT molecular complexity index is 779. The number of benzene rings is 2. The number of hydrogen-bond donors (Lipinski definition) is 1. The van der Waals surface area contributed by atoms with Crippen molar-refractivity contribution in [3.05, 3.63) is 65.7 Å². The van der Waals surface area contributed by atoms with Crippen LogP contribution in [0.5, 0.6) is 0 Å². The molecule has 2 aliphatic rings. The van der Waals surface area contributed by atoms with Crippen LogP contribution < -0.4 is 9.80 Å². The summed E-state index contributed by atoms with van der Waals surface area (Å²) < 4.78 is 0. The molecule has 4 nitrogen and oxygen atoms in total. The number of rotatable bonds is 4. The molecule has 2 aliphatic heterocycles. The summed E-state index contributed by atoms with van der Waals surface area (Å²) in [6, 6.07) is 18.0. The minimum atomic E-state index is -0.375. The number of nitrogens with zero attached hydrogens (tertiary/aromatic N) is 1. The van der Waals surface area contributed by atoms with Crippen LogP contribution in [0.4, 0.5) is 5.69 Å². The van der Waals surface area contributed by atoms with Gasteiger partial charge in [0.1, 0.15) is 0 Å². The summed E-state index contributed by atoms with van der Waals surface area (Å²) in [5, 5.41) is 0. The lowest BCUT2D eigenvalue weighted by atomic mass is 9.90. The molecule has 1 amide bonds. The van der Waals surface area contributed by atoms with Gasteiger partial charge >= 0.3 is 5.91 Å². The normalized spacial score (nSPS) is 23.0. The first-order chi connectivity index (χ1) is 12.2. The Balaban J connectivity index is 1.36. The van der Waals surface area contributed by atoms with Crippen molar-refractivity contribution < 1.29 is 14.5 Å². The lowest BCUT2D eigenvalue weighted by Gasteiger charge is -2.31. The smallest absolute Gasteiger partial charge is 0.303 e. The molecule has 1 saturated heterocycles. The van der Waals surface area contributed by atoms with Crippen LogP contribution in [-0.2, 0) is 11.2 Å². The number of fused-ring (bicyclic) bond motifs is 1. The molecule has 0 saturated carbocycles. The second kappa shape index (κ2) is 6.81. The SMILES string of the molecule is O=C1C(=O)N(C[NH+]2CCC(Cc3ccccc3)CC2)c2ccccc21. The van der Waals surface area contributed by atoms with Crippen LogP contribution in [0, 0.1) is 5.92 Å². The van der Waals surface area contributed by atoms with E-state index in [0.29, 0.717) is 18.2 Å². The Labute approximate surface area is 148 Å². The predicted octanol–water partition coefficient (Wildman–Crippen LogP) is 1.71. The number of quaternary nitrogens is 1. The van der Waals surface area contributed by atoms with E-state index in [9.17, 15) is 9.59 Å². The van der Waals surface area contributed by atoms with Gasteiger partial charge in [-0.1, -0.05) is 42.5 Å². The van der Waals surface area contributed by atoms with Gasteiger partial charge in [-0.25, -0.2) is 0 Å². The Kier molecular flexibility index (Phi) is 4.36. The van der Waals surface area contributed by atoms with E-state index in [1.807, 2.05) is 18.2 Å². The Morgan fingerprint density at radius 1 is 0.920 bits per heavy atom. The fourth-order valence-corrected chi connectivity index (χ4v) is 4.02. The molecular formula is C21H23N2O2+. The second-order valence-electron chi connectivity index (χ2n) is 7.12. The molecule has 128 valence electrons. The van der Waals surface area contributed by atoms with Crippen molar-refractivity contribution in [2.45, 2.75) is 19.3 Å². The zero-order valence-corrected chi connectivity index (χ0v) is 14.3. The maximum Gasteiger partial charge on any atom is 0.303 e. The van der Waals surface area contributed by atoms with Crippen molar-refractivity contribution in [1.82, 2.24) is 0 Å². The molecular weight excluding hydrogens is 312 g/mol. The number of carbonyl (C=O) groups excluding carboxylic acids is 2. The van der Waals surface area contributed by atoms with Gasteiger partial charge in [-0.3, -0.25) is 14.5 Å². The van der Waals surface area contributed by atoms with Crippen molar-refractivity contribution in [3.8, 4) is 0 Å². The summed E-state index contributed by atoms with van der Waals surface area (Å²) in [6.07, 6.45) is 3.47. The molecule has 4 heteroatoms. The Morgan fingerprint density at radius 2 is 1.60 bits per heavy atom. The highest BCUT2D eigenvalue weighted by molar-refractivity contribution is 6.52. The molecule has 2 aromatic carbocycles. The van der Waals surface area contributed by atoms with E-state index < -0.39 is 0 Å². The van der Waals surface area contributed by atoms with Crippen LogP contribution in [0.1, 0.15) is 28.8 Å². The summed E-state index contributed by atoms with van der Waals surface area (Å²) in [6.45, 7) is 2.70. The highest BCUT2D eigenvalue weighted by atomic mass is 16.2. The van der Waals surface area contributed by atoms with Gasteiger partial charge in [0.25, 0.3) is 5.78 Å². The minimum Gasteiger partial charge on any atom is -0.317 e. The third kappa shape index (κ3) is 3.22. The lowest BCUT2D eigenvalue weighted by Crippen LogP contribution is -3.14. The van der Waals surface area contributed by atoms with Crippen LogP contribution in [0.15, 0.2) is 54.6 Å². The maximum atomic E-state index is 12.3. The highest BCUT2D eigenvalue weighted by Crippen LogP contribution is 2.27. The first-order valence-electron chi connectivity index (χ1n) is 9.05. The molecule has 0 unspecified atom stereocenters. The monoisotopic (exact) mass is 335 g/mol. The average molecular weight is 335 g/mol. The molecule has 2 heterocycles. The largest absolute Gasteiger partial charge is 0.317 e. The third-order valence-electron chi connectivity index (χ3n) is 5.44. The summed E-state index contributed by atoms with van der Waals surface area (Å²) in [5.41, 5.74) is 2.73. The molecule has 4 rings (SSSR count). The van der Waals surface area contributed by atoms with E-state index >= 15 is 0 Å². The number of likely N-dealkylation sites (tertiary alicyclic amines) is 1. The number of anilines is 1. The number of nitrogens with one attached hydrogen (secondary N) is 1. The topological polar surface area (TPSA) is 41.8 Å². The summed E-state index contributed by atoms with van der Waals surface area (Å²) in [4.78, 5) is 27.5. The number of amides is 1. The van der Waals surface area contributed by atoms with Gasteiger partial charge in [0.15, 0.2) is 6.67 Å². The number of piperidine rings is 1. The van der Waals surface area contributed by atoms with Gasteiger partial charge in [0, 0.05) is 0 Å². The summed E-state index contributed by atoms with van der Waals surface area (Å²) in [7, 11) is 0. The van der Waals surface area contributed by atoms with E-state index in [1.54, 1.807) is 11.0 Å². The number of para-hydroxylation sites is 1. The average Bonchev–Trinajstić information content (AvgIpc) is 2.89. The maximum absolute atomic E-state index is 12.3. The molecule has 25 heavy (non-hydrogen) atoms. The van der Waals surface area contributed by atoms with Gasteiger partial charge in [-0.2, -0.15) is 0 Å². The van der Waals surface area contributed by atoms with E-state index in [0.717, 1.165) is 25.2 Å². The lowest BCUT2D eigenvalue weighted by molar-refractivity contribution is -0.904. The number of carbonyl (C=O) groups is 2. The zero-order chi connectivity index (χ0) is 17.2. The molecule has 0 atom stereocenters. The Morgan fingerprint density at radius 3 is 2.36 bits per heavy atom. The van der Waals surface area contributed by atoms with Gasteiger partial charge in [-0.05, 0) is 42.9 Å². The van der Waals surface area contributed by atoms with Crippen molar-refractivity contribution in [1.29, 1.82) is 0 Å². The summed E-state index contributed by atoms with van der Waals surface area (Å²) in [5.74, 6) is -0.0246. The molecule has 0 aromatic heterocycles. The third-order valence-corrected chi connectivity index (χ3v) is 5.44. The Hall–Kier alpha value is -2.46. The fourth-order valence-electron chi connectivity index (χ4n) is 4.02. The first-order valence-corrected chi connectivity index (χ1v) is 9.05. The van der Waals surface area contributed by atoms with Gasteiger partial charge in [-0.15, -0.1) is 0 Å². The van der Waals surface area contributed by atoms with Crippen molar-refractivity contribution in [2.75, 3.05) is 24.7 Å².